The lowest BCUT2D eigenvalue weighted by molar-refractivity contribution is 0.229. The van der Waals surface area contributed by atoms with Gasteiger partial charge in [-0.3, -0.25) is 0 Å². The van der Waals surface area contributed by atoms with E-state index in [0.717, 1.165) is 19.3 Å². The summed E-state index contributed by atoms with van der Waals surface area (Å²) in [5.41, 5.74) is 0.606. The molecule has 0 radical (unpaired) electrons. The molecule has 2 aromatic carbocycles. The first kappa shape index (κ1) is 19.5. The quantitative estimate of drug-likeness (QED) is 0.466. The van der Waals surface area contributed by atoms with E-state index in [1.165, 1.54) is 18.5 Å². The second-order valence-corrected chi connectivity index (χ2v) is 7.27. The Kier molecular flexibility index (Phi) is 5.81. The van der Waals surface area contributed by atoms with Crippen molar-refractivity contribution in [1.82, 2.24) is 9.97 Å². The van der Waals surface area contributed by atoms with Gasteiger partial charge in [0.15, 0.2) is 23.1 Å². The van der Waals surface area contributed by atoms with Gasteiger partial charge in [-0.15, -0.1) is 0 Å². The first-order chi connectivity index (χ1) is 14.1. The van der Waals surface area contributed by atoms with Gasteiger partial charge in [0, 0.05) is 11.1 Å². The molecule has 150 valence electrons. The van der Waals surface area contributed by atoms with Crippen molar-refractivity contribution in [2.24, 2.45) is 5.92 Å². The lowest BCUT2D eigenvalue weighted by Crippen LogP contribution is -2.13. The Balaban J connectivity index is 1.65. The second-order valence-electron chi connectivity index (χ2n) is 6.84. The Labute approximate surface area is 173 Å². The molecule has 4 rings (SSSR count). The van der Waals surface area contributed by atoms with Crippen LogP contribution in [0.1, 0.15) is 19.3 Å². The molecule has 1 aliphatic rings. The number of hydrogen-bond acceptors (Lipinski definition) is 5. The summed E-state index contributed by atoms with van der Waals surface area (Å²) < 4.78 is 31.4. The van der Waals surface area contributed by atoms with Crippen LogP contribution in [0, 0.1) is 11.7 Å². The summed E-state index contributed by atoms with van der Waals surface area (Å²) in [6, 6.07) is 7.74. The van der Waals surface area contributed by atoms with Crippen LogP contribution in [0.5, 0.6) is 23.1 Å². The van der Waals surface area contributed by atoms with Gasteiger partial charge in [-0.25, -0.2) is 14.4 Å². The highest BCUT2D eigenvalue weighted by molar-refractivity contribution is 6.30. The smallest absolute Gasteiger partial charge is 0.230 e. The molecule has 0 fully saturated rings. The molecule has 0 saturated carbocycles. The van der Waals surface area contributed by atoms with E-state index in [1.807, 2.05) is 0 Å². The van der Waals surface area contributed by atoms with Crippen molar-refractivity contribution in [3.63, 3.8) is 0 Å². The fraction of sp³-hybridized carbons (Fsp3) is 0.273. The minimum atomic E-state index is -0.570. The first-order valence-corrected chi connectivity index (χ1v) is 9.75. The monoisotopic (exact) mass is 414 g/mol. The van der Waals surface area contributed by atoms with Crippen LogP contribution in [0.2, 0.25) is 5.02 Å². The summed E-state index contributed by atoms with van der Waals surface area (Å²) in [6.45, 7) is 0.585. The van der Waals surface area contributed by atoms with Crippen LogP contribution >= 0.6 is 11.6 Å². The van der Waals surface area contributed by atoms with Crippen LogP contribution in [0.3, 0.4) is 0 Å². The molecule has 0 aliphatic heterocycles. The van der Waals surface area contributed by atoms with Gasteiger partial charge < -0.3 is 14.2 Å². The van der Waals surface area contributed by atoms with Gasteiger partial charge in [0.25, 0.3) is 0 Å². The standard InChI is InChI=1S/C22H20ClFN2O3/c1-27-20-11-18-16(10-21(20)28-12-14-5-3-2-4-6-14)22(26-13-25-18)29-19-8-7-15(23)9-17(19)24/h2-3,7-11,13-14H,4-6,12H2,1H3. The van der Waals surface area contributed by atoms with E-state index in [4.69, 9.17) is 25.8 Å². The molecule has 7 heteroatoms. The Morgan fingerprint density at radius 1 is 1.10 bits per heavy atom. The van der Waals surface area contributed by atoms with E-state index in [1.54, 1.807) is 25.3 Å². The normalized spacial score (nSPS) is 16.0. The van der Waals surface area contributed by atoms with Crippen LogP contribution in [-0.2, 0) is 0 Å². The third-order valence-electron chi connectivity index (χ3n) is 4.84. The molecule has 0 bridgehead atoms. The molecule has 5 nitrogen and oxygen atoms in total. The Morgan fingerprint density at radius 3 is 2.76 bits per heavy atom. The van der Waals surface area contributed by atoms with E-state index in [9.17, 15) is 4.39 Å². The maximum absolute atomic E-state index is 14.2. The zero-order chi connectivity index (χ0) is 20.2. The highest BCUT2D eigenvalue weighted by atomic mass is 35.5. The lowest BCUT2D eigenvalue weighted by atomic mass is 9.95. The molecular weight excluding hydrogens is 395 g/mol. The van der Waals surface area contributed by atoms with Gasteiger partial charge in [-0.05, 0) is 49.4 Å². The molecule has 0 saturated heterocycles. The van der Waals surface area contributed by atoms with Gasteiger partial charge >= 0.3 is 0 Å². The van der Waals surface area contributed by atoms with Gasteiger partial charge in [0.2, 0.25) is 5.88 Å². The van der Waals surface area contributed by atoms with Crippen LogP contribution in [0.15, 0.2) is 48.8 Å². The van der Waals surface area contributed by atoms with Gasteiger partial charge in [0.05, 0.1) is 24.6 Å². The second kappa shape index (κ2) is 8.66. The molecule has 3 aromatic rings. The third kappa shape index (κ3) is 4.43. The topological polar surface area (TPSA) is 53.5 Å². The van der Waals surface area contributed by atoms with Gasteiger partial charge in [-0.1, -0.05) is 23.8 Å². The van der Waals surface area contributed by atoms with E-state index in [0.29, 0.717) is 39.9 Å². The Morgan fingerprint density at radius 2 is 2.00 bits per heavy atom. The van der Waals surface area contributed by atoms with Crippen LogP contribution in [-0.4, -0.2) is 23.7 Å². The van der Waals surface area contributed by atoms with Gasteiger partial charge in [0.1, 0.15) is 6.33 Å². The summed E-state index contributed by atoms with van der Waals surface area (Å²) in [6.07, 6.45) is 8.92. The molecular formula is C22H20ClFN2O3. The molecule has 0 amide bonds. The zero-order valence-corrected chi connectivity index (χ0v) is 16.7. The fourth-order valence-corrected chi connectivity index (χ4v) is 3.43. The van der Waals surface area contributed by atoms with Crippen molar-refractivity contribution < 1.29 is 18.6 Å². The maximum atomic E-state index is 14.2. The van der Waals surface area contributed by atoms with Crippen LogP contribution in [0.4, 0.5) is 4.39 Å². The van der Waals surface area contributed by atoms with Crippen molar-refractivity contribution in [3.8, 4) is 23.1 Å². The molecule has 1 heterocycles. The van der Waals surface area contributed by atoms with E-state index >= 15 is 0 Å². The van der Waals surface area contributed by atoms with E-state index in [2.05, 4.69) is 22.1 Å². The Hall–Kier alpha value is -2.86. The van der Waals surface area contributed by atoms with Crippen molar-refractivity contribution >= 4 is 22.5 Å². The Bertz CT molecular complexity index is 1060. The molecule has 29 heavy (non-hydrogen) atoms. The number of hydrogen-bond donors (Lipinski definition) is 0. The third-order valence-corrected chi connectivity index (χ3v) is 5.07. The highest BCUT2D eigenvalue weighted by Crippen LogP contribution is 2.37. The summed E-state index contributed by atoms with van der Waals surface area (Å²) in [4.78, 5) is 8.44. The number of benzene rings is 2. The SMILES string of the molecule is COc1cc2ncnc(Oc3ccc(Cl)cc3F)c2cc1OCC1CC=CCC1. The lowest BCUT2D eigenvalue weighted by Gasteiger charge is -2.19. The summed E-state index contributed by atoms with van der Waals surface area (Å²) in [5.74, 6) is 1.30. The number of rotatable bonds is 6. The number of nitrogens with zero attached hydrogens (tertiary/aromatic N) is 2. The predicted octanol–water partition coefficient (Wildman–Crippen LogP) is 5.96. The van der Waals surface area contributed by atoms with Crippen molar-refractivity contribution in [2.45, 2.75) is 19.3 Å². The van der Waals surface area contributed by atoms with E-state index < -0.39 is 5.82 Å². The summed E-state index contributed by atoms with van der Waals surface area (Å²) in [5, 5.41) is 0.890. The predicted molar refractivity (Wildman–Crippen MR) is 110 cm³/mol. The summed E-state index contributed by atoms with van der Waals surface area (Å²) >= 11 is 5.81. The molecule has 0 spiro atoms. The molecule has 1 unspecified atom stereocenters. The van der Waals surface area contributed by atoms with Crippen LogP contribution in [0.25, 0.3) is 10.9 Å². The molecule has 1 atom stereocenters. The molecule has 0 N–H and O–H groups in total. The molecule has 1 aliphatic carbocycles. The zero-order valence-electron chi connectivity index (χ0n) is 15.9. The van der Waals surface area contributed by atoms with Crippen molar-refractivity contribution in [1.29, 1.82) is 0 Å². The average Bonchev–Trinajstić information content (AvgIpc) is 2.74. The number of methoxy groups -OCH3 is 1. The number of fused-ring (bicyclic) bond motifs is 1. The largest absolute Gasteiger partial charge is 0.493 e. The number of allylic oxidation sites excluding steroid dienone is 2. The van der Waals surface area contributed by atoms with Crippen molar-refractivity contribution in [3.05, 3.63) is 59.7 Å². The van der Waals surface area contributed by atoms with Crippen LogP contribution < -0.4 is 14.2 Å². The fourth-order valence-electron chi connectivity index (χ4n) is 3.27. The minimum absolute atomic E-state index is 0.0293. The first-order valence-electron chi connectivity index (χ1n) is 9.37. The van der Waals surface area contributed by atoms with E-state index in [-0.39, 0.29) is 11.6 Å². The maximum Gasteiger partial charge on any atom is 0.230 e. The number of halogens is 2. The summed E-state index contributed by atoms with van der Waals surface area (Å²) in [7, 11) is 1.58. The average molecular weight is 415 g/mol. The van der Waals surface area contributed by atoms with Crippen molar-refractivity contribution in [2.75, 3.05) is 13.7 Å². The highest BCUT2D eigenvalue weighted by Gasteiger charge is 2.17. The van der Waals surface area contributed by atoms with Gasteiger partial charge in [-0.2, -0.15) is 0 Å². The minimum Gasteiger partial charge on any atom is -0.493 e. The number of aromatic nitrogens is 2. The number of ether oxygens (including phenoxy) is 3. The molecule has 1 aromatic heterocycles.